The molecule has 0 saturated heterocycles. The van der Waals surface area contributed by atoms with Gasteiger partial charge in [0.1, 0.15) is 0 Å². The molecule has 0 atom stereocenters. The van der Waals surface area contributed by atoms with E-state index >= 15 is 0 Å². The van der Waals surface area contributed by atoms with E-state index in [1.165, 1.54) is 0 Å². The number of halogens is 8. The topological polar surface area (TPSA) is 46.2 Å². The molecule has 0 radical (unpaired) electrons. The van der Waals surface area contributed by atoms with Crippen molar-refractivity contribution in [1.82, 2.24) is 0 Å². The summed E-state index contributed by atoms with van der Waals surface area (Å²) in [6, 6.07) is 67.0. The van der Waals surface area contributed by atoms with Gasteiger partial charge >= 0.3 is 425 Å². The van der Waals surface area contributed by atoms with Gasteiger partial charge in [0.25, 0.3) is 0 Å². The molecule has 0 aliphatic rings. The summed E-state index contributed by atoms with van der Waals surface area (Å²) in [5.41, 5.74) is -3.29. The summed E-state index contributed by atoms with van der Waals surface area (Å²) >= 11 is 13.4. The van der Waals surface area contributed by atoms with Crippen molar-refractivity contribution >= 4 is 76.5 Å². The molecular formula is C56H41BCl2F6O5P2. The van der Waals surface area contributed by atoms with Crippen LogP contribution in [0.1, 0.15) is 11.1 Å². The predicted octanol–water partition coefficient (Wildman–Crippen LogP) is 14.3. The zero-order chi connectivity index (χ0) is 50.5. The van der Waals surface area contributed by atoms with Crippen molar-refractivity contribution in [1.29, 1.82) is 0 Å². The van der Waals surface area contributed by atoms with E-state index in [2.05, 4.69) is 0 Å². The van der Waals surface area contributed by atoms with E-state index in [0.717, 1.165) is 0 Å². The van der Waals surface area contributed by atoms with Crippen molar-refractivity contribution in [2.45, 2.75) is 12.4 Å². The van der Waals surface area contributed by atoms with Gasteiger partial charge in [0, 0.05) is 0 Å². The first-order valence-electron chi connectivity index (χ1n) is 22.2. The summed E-state index contributed by atoms with van der Waals surface area (Å²) in [4.78, 5) is 0. The zero-order valence-corrected chi connectivity index (χ0v) is 41.0. The molecule has 0 aliphatic carbocycles. The second-order valence-electron chi connectivity index (χ2n) is 16.4. The summed E-state index contributed by atoms with van der Waals surface area (Å²) in [5, 5.41) is 2.86. The Bertz CT molecular complexity index is 2860. The second kappa shape index (κ2) is 20.1. The third-order valence-corrected chi connectivity index (χ3v) is 22.0. The molecule has 0 unspecified atom stereocenters. The van der Waals surface area contributed by atoms with Crippen molar-refractivity contribution in [2.75, 3.05) is 0 Å². The van der Waals surface area contributed by atoms with Crippen LogP contribution in [0.5, 0.6) is 17.2 Å². The first kappa shape index (κ1) is 50.3. The van der Waals surface area contributed by atoms with E-state index in [4.69, 9.17) is 45.8 Å². The Hall–Kier alpha value is -6.62. The number of hydrogen-bond donors (Lipinski definition) is 0. The van der Waals surface area contributed by atoms with Gasteiger partial charge in [-0.05, 0) is 0 Å². The molecule has 0 aromatic heterocycles. The minimum atomic E-state index is -5.46. The molecule has 5 nitrogen and oxygen atoms in total. The molecule has 0 heterocycles. The van der Waals surface area contributed by atoms with Crippen LogP contribution in [0.3, 0.4) is 0 Å². The van der Waals surface area contributed by atoms with Crippen molar-refractivity contribution in [2.24, 2.45) is 0 Å². The van der Waals surface area contributed by atoms with Gasteiger partial charge in [0.05, 0.1) is 0 Å². The van der Waals surface area contributed by atoms with Gasteiger partial charge in [-0.25, -0.2) is 0 Å². The molecule has 9 aromatic rings. The maximum absolute atomic E-state index is 14.9. The molecule has 0 aliphatic heterocycles. The monoisotopic (exact) mass is 1050 g/mol. The van der Waals surface area contributed by atoms with Gasteiger partial charge in [-0.3, -0.25) is 0 Å². The summed E-state index contributed by atoms with van der Waals surface area (Å²) in [7, 11) is -13.3. The molecule has 0 N–H and O–H groups in total. The Kier molecular flexibility index (Phi) is 14.1. The number of benzene rings is 9. The van der Waals surface area contributed by atoms with Crippen molar-refractivity contribution < 1.29 is 48.9 Å². The van der Waals surface area contributed by atoms with E-state index in [1.807, 2.05) is 0 Å². The normalized spacial score (nSPS) is 13.2. The summed E-state index contributed by atoms with van der Waals surface area (Å²) in [6.45, 7) is 0. The van der Waals surface area contributed by atoms with Crippen LogP contribution in [0, 0.1) is 0 Å². The molecule has 0 bridgehead atoms. The Morgan fingerprint density at radius 3 is 0.847 bits per heavy atom. The summed E-state index contributed by atoms with van der Waals surface area (Å²) < 4.78 is 127. The van der Waals surface area contributed by atoms with Crippen LogP contribution in [-0.4, -0.2) is 7.32 Å². The number of alkyl halides is 6. The van der Waals surface area contributed by atoms with Crippen molar-refractivity contribution in [3.63, 3.8) is 0 Å². The van der Waals surface area contributed by atoms with E-state index in [0.29, 0.717) is 44.0 Å². The Balaban J connectivity index is 1.48. The average Bonchev–Trinajstić information content (AvgIpc) is 3.39. The van der Waals surface area contributed by atoms with E-state index in [-0.39, 0.29) is 27.6 Å². The van der Waals surface area contributed by atoms with Crippen LogP contribution in [0.15, 0.2) is 249 Å². The minimum absolute atomic E-state index is 0.0178. The first-order chi connectivity index (χ1) is 34.6. The molecule has 364 valence electrons. The van der Waals surface area contributed by atoms with Crippen molar-refractivity contribution in [3.8, 4) is 17.2 Å². The van der Waals surface area contributed by atoms with Gasteiger partial charge in [-0.2, -0.15) is 0 Å². The SMILES string of the molecule is FC(F)(F)c1cc(OB(OP(Oc2cccc(Cl)c2)(c2ccccc2)(c2ccccc2)c2ccccc2)OP(Oc2cccc(Cl)c2)(c2ccccc2)(c2ccccc2)c2ccccc2)cc(C(F)(F)F)c1. The molecule has 0 spiro atoms. The fourth-order valence-corrected chi connectivity index (χ4v) is 18.6. The fraction of sp³-hybridized carbons (Fsp3) is 0.0357. The summed E-state index contributed by atoms with van der Waals surface area (Å²) in [6.07, 6.45) is -10.5. The van der Waals surface area contributed by atoms with Crippen LogP contribution in [0.4, 0.5) is 26.3 Å². The van der Waals surface area contributed by atoms with Gasteiger partial charge in [0.2, 0.25) is 0 Å². The average molecular weight is 1050 g/mol. The number of hydrogen-bond acceptors (Lipinski definition) is 5. The van der Waals surface area contributed by atoms with Gasteiger partial charge in [-0.1, -0.05) is 0 Å². The molecule has 0 saturated carbocycles. The second-order valence-corrected chi connectivity index (χ2v) is 25.0. The molecule has 9 aromatic carbocycles. The zero-order valence-electron chi connectivity index (χ0n) is 37.7. The van der Waals surface area contributed by atoms with Crippen molar-refractivity contribution in [3.05, 3.63) is 270 Å². The van der Waals surface area contributed by atoms with Crippen LogP contribution >= 0.6 is 37.3 Å². The first-order valence-corrected chi connectivity index (χ1v) is 27.1. The Morgan fingerprint density at radius 1 is 0.319 bits per heavy atom. The van der Waals surface area contributed by atoms with E-state index in [9.17, 15) is 26.3 Å². The van der Waals surface area contributed by atoms with E-state index < -0.39 is 50.7 Å². The molecule has 16 heteroatoms. The van der Waals surface area contributed by atoms with Crippen LogP contribution < -0.4 is 45.5 Å². The van der Waals surface area contributed by atoms with Gasteiger partial charge in [-0.15, -0.1) is 0 Å². The molecular weight excluding hydrogens is 1010 g/mol. The molecule has 0 amide bonds. The predicted molar refractivity (Wildman–Crippen MR) is 279 cm³/mol. The summed E-state index contributed by atoms with van der Waals surface area (Å²) in [5.74, 6) is -0.559. The fourth-order valence-electron chi connectivity index (χ4n) is 8.76. The van der Waals surface area contributed by atoms with Crippen LogP contribution in [0.2, 0.25) is 10.0 Å². The third-order valence-electron chi connectivity index (χ3n) is 11.9. The standard InChI is InChI=1S/C56H41BCl2F6O5P2/c58-44-21-19-23-46(40-44)67-71(49-25-7-1-8-26-49,50-27-9-2-10-28-50,51-29-11-3-12-30-51)69-57(66-48-38-42(55(60,61)62)37-43(39-48)56(63,64)65)70-72(52-31-13-4-14-32-52,53-33-15-5-16-34-53,54-35-17-6-18-36-54)68-47-24-20-22-45(59)41-47/h1-41H. The number of rotatable bonds is 16. The van der Waals surface area contributed by atoms with Gasteiger partial charge < -0.3 is 0 Å². The molecule has 0 fully saturated rings. The maximum atomic E-state index is 14.9. The van der Waals surface area contributed by atoms with Crippen LogP contribution in [-0.2, 0) is 21.2 Å². The molecule has 9 rings (SSSR count). The molecule has 72 heavy (non-hydrogen) atoms. The third kappa shape index (κ3) is 9.47. The Labute approximate surface area is 422 Å². The van der Waals surface area contributed by atoms with Crippen LogP contribution in [0.25, 0.3) is 0 Å². The quantitative estimate of drug-likeness (QED) is 0.0548. The van der Waals surface area contributed by atoms with Gasteiger partial charge in [0.15, 0.2) is 0 Å². The Morgan fingerprint density at radius 2 is 0.597 bits per heavy atom. The van der Waals surface area contributed by atoms with E-state index in [1.54, 1.807) is 231 Å².